The minimum absolute atomic E-state index is 0. The van der Waals surface area contributed by atoms with Gasteiger partial charge in [-0.05, 0) is 112 Å². The van der Waals surface area contributed by atoms with Crippen molar-refractivity contribution < 1.29 is 29.6 Å². The summed E-state index contributed by atoms with van der Waals surface area (Å²) in [5.74, 6) is 0.341. The second kappa shape index (κ2) is 21.5. The average Bonchev–Trinajstić information content (AvgIpc) is 3.19. The summed E-state index contributed by atoms with van der Waals surface area (Å²) in [5.41, 5.74) is 10.4. The molecule has 310 valence electrons. The lowest BCUT2D eigenvalue weighted by Gasteiger charge is -2.35. The number of aromatic hydroxyl groups is 1. The molecule has 0 radical (unpaired) electrons. The molecule has 2 saturated carbocycles. The van der Waals surface area contributed by atoms with Gasteiger partial charge in [0, 0.05) is 49.2 Å². The molecule has 2 aliphatic rings. The Kier molecular flexibility index (Phi) is 17.2. The average molecular weight is 827 g/mol. The highest BCUT2D eigenvalue weighted by atomic mass is 35.5. The molecule has 0 bridgehead atoms. The van der Waals surface area contributed by atoms with Crippen LogP contribution in [0.15, 0.2) is 77.6 Å². The highest BCUT2D eigenvalue weighted by Crippen LogP contribution is 2.37. The number of nitrogens with one attached hydrogen (secondary N) is 2. The molecule has 0 spiro atoms. The van der Waals surface area contributed by atoms with E-state index < -0.39 is 12.2 Å². The van der Waals surface area contributed by atoms with Gasteiger partial charge in [0.1, 0.15) is 12.4 Å². The van der Waals surface area contributed by atoms with Gasteiger partial charge in [-0.1, -0.05) is 48.5 Å². The number of pyridine rings is 1. The molecule has 1 atom stereocenters. The molecule has 6 rings (SSSR count). The first-order valence-electron chi connectivity index (χ1n) is 19.6. The monoisotopic (exact) mass is 825 g/mol. The van der Waals surface area contributed by atoms with Crippen LogP contribution in [0.3, 0.4) is 0 Å². The number of carbonyl (C=O) groups excluding carboxylic acids is 1. The van der Waals surface area contributed by atoms with E-state index in [1.807, 2.05) is 42.5 Å². The van der Waals surface area contributed by atoms with Gasteiger partial charge in [-0.2, -0.15) is 0 Å². The summed E-state index contributed by atoms with van der Waals surface area (Å²) in [5, 5.41) is 35.4. The van der Waals surface area contributed by atoms with Crippen LogP contribution in [-0.4, -0.2) is 88.7 Å². The molecule has 3 aromatic carbocycles. The molecule has 7 N–H and O–H groups in total. The summed E-state index contributed by atoms with van der Waals surface area (Å²) in [6.07, 6.45) is 6.42. The first-order valence-corrected chi connectivity index (χ1v) is 19.6. The number of aromatic amines is 1. The Morgan fingerprint density at radius 1 is 0.947 bits per heavy atom. The standard InChI is InChI=1S/C43H55N5O7.2ClH/c1-47(23-5-6-28-11-18-34(30-7-3-2-4-8-30)37(24-28)48(43(53)54)32-14-12-31(44)13-15-32)41(52)27-55-33-16-9-29(10-17-33)25-45-26-39(50)35-19-21-38(49)42-36(35)20-22-40(51)46-42;;/h2-4,7-8,11,18-22,24,29,31-33,39,45,49-50H,5-6,9-10,12-17,23,25-27,44H2,1H3,(H,46,51)(H,53,54);2*1H/t29?,31?,32?,33?,39-;;/m1../s1. The molecule has 0 aliphatic heterocycles. The number of halogens is 2. The van der Waals surface area contributed by atoms with Gasteiger partial charge >= 0.3 is 6.09 Å². The van der Waals surface area contributed by atoms with Crippen molar-refractivity contribution in [1.82, 2.24) is 15.2 Å². The molecule has 2 fully saturated rings. The number of fused-ring (bicyclic) bond motifs is 1. The Labute approximate surface area is 346 Å². The predicted molar refractivity (Wildman–Crippen MR) is 229 cm³/mol. The Morgan fingerprint density at radius 3 is 2.37 bits per heavy atom. The van der Waals surface area contributed by atoms with E-state index in [4.69, 9.17) is 10.5 Å². The number of amides is 2. The number of aliphatic hydroxyl groups excluding tert-OH is 1. The van der Waals surface area contributed by atoms with E-state index in [2.05, 4.69) is 16.4 Å². The minimum atomic E-state index is -0.956. The van der Waals surface area contributed by atoms with E-state index in [1.165, 1.54) is 12.1 Å². The van der Waals surface area contributed by atoms with Gasteiger partial charge in [0.25, 0.3) is 0 Å². The number of carbonyl (C=O) groups is 2. The number of nitrogens with two attached hydrogens (primary N) is 1. The molecular weight excluding hydrogens is 769 g/mol. The quantitative estimate of drug-likeness (QED) is 0.0753. The maximum atomic E-state index is 13.0. The summed E-state index contributed by atoms with van der Waals surface area (Å²) < 4.78 is 6.06. The molecule has 2 aliphatic carbocycles. The number of anilines is 1. The van der Waals surface area contributed by atoms with Crippen LogP contribution in [0.5, 0.6) is 5.75 Å². The van der Waals surface area contributed by atoms with E-state index >= 15 is 0 Å². The Morgan fingerprint density at radius 2 is 1.67 bits per heavy atom. The van der Waals surface area contributed by atoms with Gasteiger partial charge in [0.2, 0.25) is 11.5 Å². The third-order valence-electron chi connectivity index (χ3n) is 11.4. The second-order valence-corrected chi connectivity index (χ2v) is 15.3. The van der Waals surface area contributed by atoms with E-state index in [0.29, 0.717) is 47.6 Å². The van der Waals surface area contributed by atoms with Crippen LogP contribution >= 0.6 is 24.8 Å². The predicted octanol–water partition coefficient (Wildman–Crippen LogP) is 6.79. The largest absolute Gasteiger partial charge is 0.506 e. The third kappa shape index (κ3) is 11.9. The lowest BCUT2D eigenvalue weighted by Crippen LogP contribution is -2.44. The topological polar surface area (TPSA) is 181 Å². The van der Waals surface area contributed by atoms with Crippen molar-refractivity contribution in [2.45, 2.75) is 88.5 Å². The van der Waals surface area contributed by atoms with Crippen molar-refractivity contribution in [3.8, 4) is 16.9 Å². The van der Waals surface area contributed by atoms with Crippen molar-refractivity contribution in [2.75, 3.05) is 38.2 Å². The molecule has 12 nitrogen and oxygen atoms in total. The summed E-state index contributed by atoms with van der Waals surface area (Å²) in [7, 11) is 1.80. The number of aliphatic hydroxyl groups is 1. The molecule has 0 unspecified atom stereocenters. The lowest BCUT2D eigenvalue weighted by molar-refractivity contribution is -0.137. The van der Waals surface area contributed by atoms with Crippen molar-refractivity contribution in [3.05, 3.63) is 94.3 Å². The zero-order chi connectivity index (χ0) is 38.9. The van der Waals surface area contributed by atoms with Crippen LogP contribution in [-0.2, 0) is 16.0 Å². The fourth-order valence-electron chi connectivity index (χ4n) is 8.14. The zero-order valence-electron chi connectivity index (χ0n) is 32.5. The van der Waals surface area contributed by atoms with Gasteiger partial charge in [0.05, 0.1) is 23.4 Å². The first-order chi connectivity index (χ1) is 26.6. The van der Waals surface area contributed by atoms with Crippen LogP contribution < -0.4 is 21.5 Å². The van der Waals surface area contributed by atoms with Crippen LogP contribution in [0.4, 0.5) is 10.5 Å². The number of nitrogens with zero attached hydrogens (tertiary/aromatic N) is 2. The number of rotatable bonds is 15. The number of benzene rings is 3. The third-order valence-corrected chi connectivity index (χ3v) is 11.4. The number of aromatic nitrogens is 1. The molecule has 1 heterocycles. The number of likely N-dealkylation sites (N-methyl/N-ethyl adjacent to an activating group) is 1. The Hall–Kier alpha value is -4.17. The number of ether oxygens (including phenoxy) is 1. The van der Waals surface area contributed by atoms with Crippen LogP contribution in [0.1, 0.15) is 75.0 Å². The molecule has 57 heavy (non-hydrogen) atoms. The SMILES string of the molecule is CN(CCCc1ccc(-c2ccccc2)c(N(C(=O)O)C2CCC(N)CC2)c1)C(=O)COC1CCC(CNC[C@@H](O)c2ccc(O)c3[nH]c(=O)ccc23)CC1.Cl.Cl. The smallest absolute Gasteiger partial charge is 0.412 e. The van der Waals surface area contributed by atoms with Gasteiger partial charge in [-0.3, -0.25) is 14.5 Å². The van der Waals surface area contributed by atoms with Crippen LogP contribution in [0.25, 0.3) is 22.0 Å². The molecule has 4 aromatic rings. The van der Waals surface area contributed by atoms with Crippen LogP contribution in [0, 0.1) is 5.92 Å². The van der Waals surface area contributed by atoms with E-state index in [1.54, 1.807) is 29.0 Å². The summed E-state index contributed by atoms with van der Waals surface area (Å²) in [6.45, 7) is 1.69. The van der Waals surface area contributed by atoms with Crippen molar-refractivity contribution in [1.29, 1.82) is 0 Å². The van der Waals surface area contributed by atoms with Gasteiger partial charge in [-0.15, -0.1) is 24.8 Å². The number of aryl methyl sites for hydroxylation is 1. The highest BCUT2D eigenvalue weighted by molar-refractivity contribution is 5.94. The lowest BCUT2D eigenvalue weighted by atomic mass is 9.87. The molecule has 2 amide bonds. The molecule has 1 aromatic heterocycles. The van der Waals surface area contributed by atoms with Crippen LogP contribution in [0.2, 0.25) is 0 Å². The number of carboxylic acid groups (broad SMARTS) is 1. The minimum Gasteiger partial charge on any atom is -0.506 e. The second-order valence-electron chi connectivity index (χ2n) is 15.3. The zero-order valence-corrected chi connectivity index (χ0v) is 34.1. The molecule has 0 saturated heterocycles. The van der Waals surface area contributed by atoms with E-state index in [0.717, 1.165) is 81.0 Å². The van der Waals surface area contributed by atoms with Crippen molar-refractivity contribution in [3.63, 3.8) is 0 Å². The first kappa shape index (κ1) is 45.5. The maximum Gasteiger partial charge on any atom is 0.412 e. The molecular formula is C43H57Cl2N5O7. The normalized spacial score (nSPS) is 19.8. The summed E-state index contributed by atoms with van der Waals surface area (Å²) in [4.78, 5) is 43.3. The van der Waals surface area contributed by atoms with Gasteiger partial charge < -0.3 is 41.0 Å². The van der Waals surface area contributed by atoms with Gasteiger partial charge in [0.15, 0.2) is 0 Å². The Bertz CT molecular complexity index is 1970. The van der Waals surface area contributed by atoms with E-state index in [-0.39, 0.29) is 66.8 Å². The summed E-state index contributed by atoms with van der Waals surface area (Å²) >= 11 is 0. The molecule has 14 heteroatoms. The number of hydrogen-bond acceptors (Lipinski definition) is 8. The number of phenols is 1. The van der Waals surface area contributed by atoms with Gasteiger partial charge in [-0.25, -0.2) is 4.79 Å². The van der Waals surface area contributed by atoms with Crippen molar-refractivity contribution >= 4 is 53.4 Å². The Balaban J connectivity index is 0.00000360. The van der Waals surface area contributed by atoms with E-state index in [9.17, 15) is 29.7 Å². The fraction of sp³-hybridized carbons (Fsp3) is 0.465. The highest BCUT2D eigenvalue weighted by Gasteiger charge is 2.31. The fourth-order valence-corrected chi connectivity index (χ4v) is 8.14. The number of H-pyrrole nitrogens is 1. The summed E-state index contributed by atoms with van der Waals surface area (Å²) in [6, 6.07) is 22.1. The number of phenolic OH excluding ortho intramolecular Hbond substituents is 1. The van der Waals surface area contributed by atoms with Crippen molar-refractivity contribution in [2.24, 2.45) is 11.7 Å². The number of hydrogen-bond donors (Lipinski definition) is 6. The maximum absolute atomic E-state index is 13.0.